The van der Waals surface area contributed by atoms with Gasteiger partial charge in [-0.05, 0) is 30.0 Å². The standard InChI is InChI=1S/C15H24N2O/c1-12(2)8-15-11-18-7-6-17(15)10-13-4-3-5-14(16)9-13/h3-5,9,12,15H,6-8,10-11,16H2,1-2H3. The van der Waals surface area contributed by atoms with Crippen LogP contribution in [0.3, 0.4) is 0 Å². The minimum atomic E-state index is 0.542. The number of nitrogens with two attached hydrogens (primary N) is 1. The zero-order valence-electron chi connectivity index (χ0n) is 11.4. The van der Waals surface area contributed by atoms with E-state index in [4.69, 9.17) is 10.5 Å². The van der Waals surface area contributed by atoms with Crippen molar-refractivity contribution in [3.63, 3.8) is 0 Å². The summed E-state index contributed by atoms with van der Waals surface area (Å²) in [5.41, 5.74) is 7.98. The third kappa shape index (κ3) is 3.72. The number of nitrogens with zero attached hydrogens (tertiary/aromatic N) is 1. The van der Waals surface area contributed by atoms with E-state index in [1.165, 1.54) is 12.0 Å². The maximum atomic E-state index is 5.84. The first kappa shape index (κ1) is 13.4. The second kappa shape index (κ2) is 6.21. The fourth-order valence-corrected chi connectivity index (χ4v) is 2.58. The Morgan fingerprint density at radius 2 is 2.28 bits per heavy atom. The van der Waals surface area contributed by atoms with E-state index in [0.29, 0.717) is 12.0 Å². The SMILES string of the molecule is CC(C)CC1COCCN1Cc1cccc(N)c1. The van der Waals surface area contributed by atoms with Gasteiger partial charge in [0.05, 0.1) is 13.2 Å². The molecule has 0 radical (unpaired) electrons. The lowest BCUT2D eigenvalue weighted by molar-refractivity contribution is -0.0186. The third-order valence-electron chi connectivity index (χ3n) is 3.43. The van der Waals surface area contributed by atoms with Crippen molar-refractivity contribution in [2.24, 2.45) is 5.92 Å². The van der Waals surface area contributed by atoms with E-state index in [1.54, 1.807) is 0 Å². The van der Waals surface area contributed by atoms with Crippen LogP contribution in [0.25, 0.3) is 0 Å². The molecule has 1 heterocycles. The number of morpholine rings is 1. The van der Waals surface area contributed by atoms with Crippen LogP contribution in [0.2, 0.25) is 0 Å². The van der Waals surface area contributed by atoms with Crippen LogP contribution in [-0.4, -0.2) is 30.7 Å². The van der Waals surface area contributed by atoms with Gasteiger partial charge in [-0.15, -0.1) is 0 Å². The highest BCUT2D eigenvalue weighted by Crippen LogP contribution is 2.19. The Morgan fingerprint density at radius 3 is 3.00 bits per heavy atom. The van der Waals surface area contributed by atoms with Gasteiger partial charge in [-0.1, -0.05) is 26.0 Å². The molecule has 1 aliphatic rings. The summed E-state index contributed by atoms with van der Waals surface area (Å²) in [4.78, 5) is 2.53. The second-order valence-corrected chi connectivity index (χ2v) is 5.57. The first-order chi connectivity index (χ1) is 8.65. The minimum Gasteiger partial charge on any atom is -0.399 e. The van der Waals surface area contributed by atoms with Crippen molar-refractivity contribution in [1.29, 1.82) is 0 Å². The second-order valence-electron chi connectivity index (χ2n) is 5.57. The van der Waals surface area contributed by atoms with Crippen LogP contribution in [0.15, 0.2) is 24.3 Å². The predicted octanol–water partition coefficient (Wildman–Crippen LogP) is 2.52. The van der Waals surface area contributed by atoms with Crippen LogP contribution in [0, 0.1) is 5.92 Å². The fraction of sp³-hybridized carbons (Fsp3) is 0.600. The maximum Gasteiger partial charge on any atom is 0.0622 e. The maximum absolute atomic E-state index is 5.84. The largest absolute Gasteiger partial charge is 0.399 e. The highest BCUT2D eigenvalue weighted by Gasteiger charge is 2.23. The van der Waals surface area contributed by atoms with Crippen molar-refractivity contribution < 1.29 is 4.74 Å². The molecule has 1 aliphatic heterocycles. The average Bonchev–Trinajstić information content (AvgIpc) is 2.31. The van der Waals surface area contributed by atoms with Gasteiger partial charge in [0.15, 0.2) is 0 Å². The summed E-state index contributed by atoms with van der Waals surface area (Å²) in [6, 6.07) is 8.73. The molecule has 1 aromatic carbocycles. The number of ether oxygens (including phenoxy) is 1. The molecule has 1 saturated heterocycles. The molecule has 0 saturated carbocycles. The van der Waals surface area contributed by atoms with Crippen LogP contribution in [-0.2, 0) is 11.3 Å². The molecule has 0 aromatic heterocycles. The van der Waals surface area contributed by atoms with Crippen LogP contribution in [0.5, 0.6) is 0 Å². The van der Waals surface area contributed by atoms with Crippen molar-refractivity contribution >= 4 is 5.69 Å². The molecule has 2 N–H and O–H groups in total. The molecule has 0 amide bonds. The van der Waals surface area contributed by atoms with Gasteiger partial charge in [0.2, 0.25) is 0 Å². The molecule has 100 valence electrons. The van der Waals surface area contributed by atoms with Gasteiger partial charge in [0, 0.05) is 24.8 Å². The van der Waals surface area contributed by atoms with Gasteiger partial charge in [0.25, 0.3) is 0 Å². The summed E-state index contributed by atoms with van der Waals surface area (Å²) in [6.07, 6.45) is 1.20. The number of nitrogen functional groups attached to an aromatic ring is 1. The normalized spacial score (nSPS) is 21.4. The van der Waals surface area contributed by atoms with E-state index in [2.05, 4.69) is 30.9 Å². The Morgan fingerprint density at radius 1 is 1.44 bits per heavy atom. The number of hydrogen-bond acceptors (Lipinski definition) is 3. The monoisotopic (exact) mass is 248 g/mol. The molecule has 0 spiro atoms. The Bertz CT molecular complexity index is 379. The quantitative estimate of drug-likeness (QED) is 0.832. The molecule has 2 rings (SSSR count). The van der Waals surface area contributed by atoms with Crippen molar-refractivity contribution in [2.75, 3.05) is 25.5 Å². The van der Waals surface area contributed by atoms with Gasteiger partial charge >= 0.3 is 0 Å². The van der Waals surface area contributed by atoms with Crippen molar-refractivity contribution in [3.8, 4) is 0 Å². The van der Waals surface area contributed by atoms with Crippen molar-refractivity contribution in [3.05, 3.63) is 29.8 Å². The number of rotatable bonds is 4. The molecular formula is C15H24N2O. The van der Waals surface area contributed by atoms with Gasteiger partial charge in [-0.2, -0.15) is 0 Å². The molecule has 1 fully saturated rings. The molecule has 3 heteroatoms. The zero-order chi connectivity index (χ0) is 13.0. The highest BCUT2D eigenvalue weighted by atomic mass is 16.5. The molecular weight excluding hydrogens is 224 g/mol. The molecule has 1 unspecified atom stereocenters. The lowest BCUT2D eigenvalue weighted by Gasteiger charge is -2.36. The Hall–Kier alpha value is -1.06. The van der Waals surface area contributed by atoms with Crippen molar-refractivity contribution in [2.45, 2.75) is 32.9 Å². The molecule has 3 nitrogen and oxygen atoms in total. The van der Waals surface area contributed by atoms with E-state index < -0.39 is 0 Å². The van der Waals surface area contributed by atoms with Crippen LogP contribution in [0.1, 0.15) is 25.8 Å². The topological polar surface area (TPSA) is 38.5 Å². The van der Waals surface area contributed by atoms with Crippen LogP contribution in [0.4, 0.5) is 5.69 Å². The van der Waals surface area contributed by atoms with Gasteiger partial charge in [0.1, 0.15) is 0 Å². The van der Waals surface area contributed by atoms with E-state index >= 15 is 0 Å². The summed E-state index contributed by atoms with van der Waals surface area (Å²) in [7, 11) is 0. The number of anilines is 1. The molecule has 0 bridgehead atoms. The lowest BCUT2D eigenvalue weighted by Crippen LogP contribution is -2.45. The summed E-state index contributed by atoms with van der Waals surface area (Å²) in [5.74, 6) is 0.708. The summed E-state index contributed by atoms with van der Waals surface area (Å²) >= 11 is 0. The van der Waals surface area contributed by atoms with E-state index in [1.807, 2.05) is 12.1 Å². The van der Waals surface area contributed by atoms with Gasteiger partial charge < -0.3 is 10.5 Å². The highest BCUT2D eigenvalue weighted by molar-refractivity contribution is 5.40. The Kier molecular flexibility index (Phi) is 4.61. The van der Waals surface area contributed by atoms with Crippen molar-refractivity contribution in [1.82, 2.24) is 4.90 Å². The summed E-state index contributed by atoms with van der Waals surface area (Å²) < 4.78 is 5.61. The minimum absolute atomic E-state index is 0.542. The van der Waals surface area contributed by atoms with E-state index in [-0.39, 0.29) is 0 Å². The van der Waals surface area contributed by atoms with Crippen LogP contribution >= 0.6 is 0 Å². The summed E-state index contributed by atoms with van der Waals surface area (Å²) in [5, 5.41) is 0. The van der Waals surface area contributed by atoms with Gasteiger partial charge in [-0.25, -0.2) is 0 Å². The van der Waals surface area contributed by atoms with Crippen LogP contribution < -0.4 is 5.73 Å². The van der Waals surface area contributed by atoms with Gasteiger partial charge in [-0.3, -0.25) is 4.90 Å². The molecule has 1 aromatic rings. The molecule has 0 aliphatic carbocycles. The fourth-order valence-electron chi connectivity index (χ4n) is 2.58. The zero-order valence-corrected chi connectivity index (χ0v) is 11.4. The predicted molar refractivity (Wildman–Crippen MR) is 75.3 cm³/mol. The number of hydrogen-bond donors (Lipinski definition) is 1. The third-order valence-corrected chi connectivity index (χ3v) is 3.43. The van der Waals surface area contributed by atoms with E-state index in [9.17, 15) is 0 Å². The smallest absolute Gasteiger partial charge is 0.0622 e. The Balaban J connectivity index is 2.00. The average molecular weight is 248 g/mol. The number of benzene rings is 1. The Labute approximate surface area is 110 Å². The lowest BCUT2D eigenvalue weighted by atomic mass is 10.0. The molecule has 18 heavy (non-hydrogen) atoms. The first-order valence-corrected chi connectivity index (χ1v) is 6.81. The first-order valence-electron chi connectivity index (χ1n) is 6.81. The van der Waals surface area contributed by atoms with E-state index in [0.717, 1.165) is 32.0 Å². The molecule has 1 atom stereocenters. The summed E-state index contributed by atoms with van der Waals surface area (Å²) in [6.45, 7) is 8.25.